The van der Waals surface area contributed by atoms with Gasteiger partial charge in [0.05, 0.1) is 6.04 Å². The molecule has 2 rings (SSSR count). The molecule has 0 bridgehead atoms. The average molecular weight is 261 g/mol. The molecule has 0 saturated carbocycles. The zero-order valence-corrected chi connectivity index (χ0v) is 8.04. The molecule has 0 radical (unpaired) electrons. The van der Waals surface area contributed by atoms with E-state index in [1.807, 2.05) is 6.08 Å². The second kappa shape index (κ2) is 2.62. The second-order valence-corrected chi connectivity index (χ2v) is 4.12. The highest BCUT2D eigenvalue weighted by Gasteiger charge is 2.30. The molecule has 1 N–H and O–H groups in total. The molecule has 2 nitrogen and oxygen atoms in total. The molecule has 1 aliphatic carbocycles. The quantitative estimate of drug-likeness (QED) is 0.656. The fraction of sp³-hybridized carbons (Fsp3) is 0.375. The Balaban J connectivity index is 2.23. The van der Waals surface area contributed by atoms with Gasteiger partial charge in [0, 0.05) is 15.9 Å². The summed E-state index contributed by atoms with van der Waals surface area (Å²) >= 11 is 2.28. The van der Waals surface area contributed by atoms with Crippen LogP contribution < -0.4 is 5.32 Å². The van der Waals surface area contributed by atoms with Gasteiger partial charge >= 0.3 is 0 Å². The highest BCUT2D eigenvalue weighted by atomic mass is 127. The molecule has 2 atom stereocenters. The number of hydrogen-bond donors (Lipinski definition) is 1. The Morgan fingerprint density at radius 1 is 1.64 bits per heavy atom. The van der Waals surface area contributed by atoms with E-state index in [4.69, 9.17) is 0 Å². The highest BCUT2D eigenvalue weighted by Crippen LogP contribution is 2.27. The van der Waals surface area contributed by atoms with Crippen LogP contribution in [0.2, 0.25) is 0 Å². The third-order valence-corrected chi connectivity index (χ3v) is 2.77. The molecule has 2 aliphatic rings. The minimum Gasteiger partial charge on any atom is -0.349 e. The van der Waals surface area contributed by atoms with Crippen LogP contribution in [0.4, 0.5) is 0 Å². The number of rotatable bonds is 0. The number of amides is 1. The fourth-order valence-electron chi connectivity index (χ4n) is 1.50. The number of allylic oxidation sites excluding steroid dienone is 2. The minimum absolute atomic E-state index is 0.173. The summed E-state index contributed by atoms with van der Waals surface area (Å²) in [4.78, 5) is 10.9. The maximum Gasteiger partial charge on any atom is 0.221 e. The normalized spacial score (nSPS) is 34.6. The van der Waals surface area contributed by atoms with Crippen molar-refractivity contribution in [2.24, 2.45) is 5.92 Å². The van der Waals surface area contributed by atoms with Gasteiger partial charge in [0.1, 0.15) is 0 Å². The first-order chi connectivity index (χ1) is 5.25. The molecule has 0 aromatic rings. The Labute approximate surface area is 78.9 Å². The van der Waals surface area contributed by atoms with Crippen LogP contribution in [0.3, 0.4) is 0 Å². The summed E-state index contributed by atoms with van der Waals surface area (Å²) in [6, 6.07) is 0.265. The largest absolute Gasteiger partial charge is 0.349 e. The summed E-state index contributed by atoms with van der Waals surface area (Å²) in [5.41, 5.74) is 0. The van der Waals surface area contributed by atoms with E-state index in [2.05, 4.69) is 40.1 Å². The van der Waals surface area contributed by atoms with Gasteiger partial charge in [0.15, 0.2) is 0 Å². The first-order valence-electron chi connectivity index (χ1n) is 3.60. The van der Waals surface area contributed by atoms with Crippen LogP contribution >= 0.6 is 22.6 Å². The summed E-state index contributed by atoms with van der Waals surface area (Å²) in [7, 11) is 0. The number of carbonyl (C=O) groups excluding carboxylic acids is 1. The standard InChI is InChI=1S/C8H8INO/c9-6-1-2-7-5(3-6)4-8(11)10-7/h1-3,5,7H,4H2,(H,10,11). The molecule has 1 fully saturated rings. The molecule has 1 aliphatic heterocycles. The van der Waals surface area contributed by atoms with E-state index in [-0.39, 0.29) is 11.9 Å². The molecule has 1 amide bonds. The van der Waals surface area contributed by atoms with Crippen molar-refractivity contribution in [3.63, 3.8) is 0 Å². The number of carbonyl (C=O) groups is 1. The Morgan fingerprint density at radius 3 is 3.27 bits per heavy atom. The van der Waals surface area contributed by atoms with Gasteiger partial charge in [0.25, 0.3) is 0 Å². The third kappa shape index (κ3) is 1.34. The highest BCUT2D eigenvalue weighted by molar-refractivity contribution is 14.1. The van der Waals surface area contributed by atoms with E-state index < -0.39 is 0 Å². The van der Waals surface area contributed by atoms with E-state index in [0.717, 1.165) is 0 Å². The molecule has 3 heteroatoms. The number of hydrogen-bond acceptors (Lipinski definition) is 1. The summed E-state index contributed by atoms with van der Waals surface area (Å²) in [6.45, 7) is 0. The Morgan fingerprint density at radius 2 is 2.45 bits per heavy atom. The number of nitrogens with one attached hydrogen (secondary N) is 1. The smallest absolute Gasteiger partial charge is 0.221 e. The summed E-state index contributed by atoms with van der Waals surface area (Å²) < 4.78 is 1.24. The summed E-state index contributed by atoms with van der Waals surface area (Å²) in [5, 5.41) is 2.90. The van der Waals surface area contributed by atoms with Crippen molar-refractivity contribution in [1.29, 1.82) is 0 Å². The summed E-state index contributed by atoms with van der Waals surface area (Å²) in [6.07, 6.45) is 6.93. The molecule has 0 aromatic carbocycles. The Bertz CT molecular complexity index is 257. The van der Waals surface area contributed by atoms with Crippen LogP contribution in [0.25, 0.3) is 0 Å². The number of fused-ring (bicyclic) bond motifs is 1. The van der Waals surface area contributed by atoms with Gasteiger partial charge in [-0.05, 0) is 22.6 Å². The van der Waals surface area contributed by atoms with Crippen molar-refractivity contribution < 1.29 is 4.79 Å². The molecular formula is C8H8INO. The van der Waals surface area contributed by atoms with Gasteiger partial charge in [-0.1, -0.05) is 18.2 Å². The number of halogens is 1. The lowest BCUT2D eigenvalue weighted by Gasteiger charge is -2.14. The van der Waals surface area contributed by atoms with Crippen LogP contribution in [0.15, 0.2) is 21.8 Å². The van der Waals surface area contributed by atoms with Crippen LogP contribution in [-0.2, 0) is 4.79 Å². The van der Waals surface area contributed by atoms with Gasteiger partial charge < -0.3 is 5.32 Å². The lowest BCUT2D eigenvalue weighted by molar-refractivity contribution is -0.119. The molecule has 0 spiro atoms. The first kappa shape index (κ1) is 7.34. The molecule has 2 unspecified atom stereocenters. The predicted molar refractivity (Wildman–Crippen MR) is 51.3 cm³/mol. The zero-order chi connectivity index (χ0) is 7.84. The fourth-order valence-corrected chi connectivity index (χ4v) is 2.17. The van der Waals surface area contributed by atoms with Crippen molar-refractivity contribution in [2.75, 3.05) is 0 Å². The maximum absolute atomic E-state index is 10.9. The lowest BCUT2D eigenvalue weighted by Crippen LogP contribution is -2.27. The van der Waals surface area contributed by atoms with Crippen molar-refractivity contribution in [1.82, 2.24) is 5.32 Å². The van der Waals surface area contributed by atoms with Crippen LogP contribution in [0.5, 0.6) is 0 Å². The zero-order valence-electron chi connectivity index (χ0n) is 5.88. The van der Waals surface area contributed by atoms with Crippen LogP contribution in [-0.4, -0.2) is 11.9 Å². The predicted octanol–water partition coefficient (Wildman–Crippen LogP) is 1.38. The Kier molecular flexibility index (Phi) is 1.75. The maximum atomic E-state index is 10.9. The topological polar surface area (TPSA) is 29.1 Å². The van der Waals surface area contributed by atoms with Crippen molar-refractivity contribution in [3.8, 4) is 0 Å². The minimum atomic E-state index is 0.173. The molecule has 1 heterocycles. The van der Waals surface area contributed by atoms with Crippen molar-refractivity contribution >= 4 is 28.5 Å². The van der Waals surface area contributed by atoms with Gasteiger partial charge in [-0.2, -0.15) is 0 Å². The monoisotopic (exact) mass is 261 g/mol. The van der Waals surface area contributed by atoms with Gasteiger partial charge in [-0.25, -0.2) is 0 Å². The molecule has 1 saturated heterocycles. The molecule has 11 heavy (non-hydrogen) atoms. The van der Waals surface area contributed by atoms with Crippen molar-refractivity contribution in [2.45, 2.75) is 12.5 Å². The van der Waals surface area contributed by atoms with Crippen molar-refractivity contribution in [3.05, 3.63) is 21.8 Å². The Hall–Kier alpha value is -0.320. The van der Waals surface area contributed by atoms with E-state index in [1.54, 1.807) is 0 Å². The van der Waals surface area contributed by atoms with Gasteiger partial charge in [-0.15, -0.1) is 0 Å². The van der Waals surface area contributed by atoms with Gasteiger partial charge in [-0.3, -0.25) is 4.79 Å². The van der Waals surface area contributed by atoms with Crippen LogP contribution in [0.1, 0.15) is 6.42 Å². The molecular weight excluding hydrogens is 253 g/mol. The van der Waals surface area contributed by atoms with E-state index in [1.165, 1.54) is 3.58 Å². The van der Waals surface area contributed by atoms with Crippen LogP contribution in [0, 0.1) is 5.92 Å². The summed E-state index contributed by atoms with van der Waals surface area (Å²) in [5.74, 6) is 0.575. The van der Waals surface area contributed by atoms with Gasteiger partial charge in [0.2, 0.25) is 5.91 Å². The SMILES string of the molecule is O=C1CC2C=C(I)C=CC2N1. The van der Waals surface area contributed by atoms with E-state index in [0.29, 0.717) is 12.3 Å². The average Bonchev–Trinajstić information content (AvgIpc) is 2.27. The molecule has 0 aromatic heterocycles. The second-order valence-electron chi connectivity index (χ2n) is 2.87. The third-order valence-electron chi connectivity index (χ3n) is 2.05. The first-order valence-corrected chi connectivity index (χ1v) is 4.68. The van der Waals surface area contributed by atoms with E-state index in [9.17, 15) is 4.79 Å². The molecule has 58 valence electrons. The lowest BCUT2D eigenvalue weighted by atomic mass is 9.96. The van der Waals surface area contributed by atoms with E-state index >= 15 is 0 Å².